The monoisotopic (exact) mass is 406 g/mol. The van der Waals surface area contributed by atoms with Crippen molar-refractivity contribution in [3.63, 3.8) is 0 Å². The van der Waals surface area contributed by atoms with E-state index in [1.54, 1.807) is 6.20 Å². The van der Waals surface area contributed by atoms with Crippen LogP contribution in [0.5, 0.6) is 5.75 Å². The van der Waals surface area contributed by atoms with Gasteiger partial charge < -0.3 is 9.47 Å². The number of rotatable bonds is 6. The van der Waals surface area contributed by atoms with Crippen molar-refractivity contribution in [2.24, 2.45) is 0 Å². The molecule has 0 fully saturated rings. The molecule has 5 heteroatoms. The number of hydrogen-bond donors (Lipinski definition) is 0. The molecule has 0 radical (unpaired) electrons. The predicted octanol–water partition coefficient (Wildman–Crippen LogP) is 4.52. The molecule has 0 atom stereocenters. The van der Waals surface area contributed by atoms with Crippen LogP contribution in [0, 0.1) is 18.8 Å². The van der Waals surface area contributed by atoms with Gasteiger partial charge in [0.1, 0.15) is 5.75 Å². The molecule has 30 heavy (non-hydrogen) atoms. The van der Waals surface area contributed by atoms with Crippen molar-refractivity contribution in [3.8, 4) is 17.6 Å². The summed E-state index contributed by atoms with van der Waals surface area (Å²) in [6.07, 6.45) is 5.45. The lowest BCUT2D eigenvalue weighted by Gasteiger charge is -2.33. The molecular formula is C25H30N2O3. The molecule has 158 valence electrons. The van der Waals surface area contributed by atoms with E-state index in [0.717, 1.165) is 60.4 Å². The third kappa shape index (κ3) is 5.38. The first-order valence-electron chi connectivity index (χ1n) is 10.7. The molecule has 5 nitrogen and oxygen atoms in total. The van der Waals surface area contributed by atoms with Gasteiger partial charge in [0, 0.05) is 23.1 Å². The largest absolute Gasteiger partial charge is 0.493 e. The van der Waals surface area contributed by atoms with Crippen molar-refractivity contribution < 1.29 is 14.3 Å². The molecule has 0 aliphatic carbocycles. The van der Waals surface area contributed by atoms with Gasteiger partial charge in [-0.3, -0.25) is 4.79 Å². The van der Waals surface area contributed by atoms with Crippen molar-refractivity contribution in [2.45, 2.75) is 65.2 Å². The van der Waals surface area contributed by atoms with Crippen LogP contribution >= 0.6 is 0 Å². The number of esters is 1. The second-order valence-electron chi connectivity index (χ2n) is 8.30. The summed E-state index contributed by atoms with van der Waals surface area (Å²) < 4.78 is 10.8. The molecule has 0 saturated heterocycles. The highest BCUT2D eigenvalue weighted by molar-refractivity contribution is 5.69. The SMILES string of the molecule is CCOC(=O)CCCCc1nnccc1C#Cc1cc2c(cc1C)OCCC2(C)C. The molecule has 0 amide bonds. The zero-order valence-electron chi connectivity index (χ0n) is 18.4. The van der Waals surface area contributed by atoms with Crippen LogP contribution in [0.15, 0.2) is 24.4 Å². The molecule has 0 saturated carbocycles. The maximum atomic E-state index is 11.5. The van der Waals surface area contributed by atoms with E-state index in [2.05, 4.69) is 54.9 Å². The maximum Gasteiger partial charge on any atom is 0.305 e. The minimum Gasteiger partial charge on any atom is -0.493 e. The number of nitrogens with zero attached hydrogens (tertiary/aromatic N) is 2. The van der Waals surface area contributed by atoms with Crippen molar-refractivity contribution in [1.29, 1.82) is 0 Å². The van der Waals surface area contributed by atoms with Crippen LogP contribution in [0.25, 0.3) is 0 Å². The van der Waals surface area contributed by atoms with Crippen molar-refractivity contribution in [1.82, 2.24) is 10.2 Å². The zero-order valence-corrected chi connectivity index (χ0v) is 18.4. The summed E-state index contributed by atoms with van der Waals surface area (Å²) in [5.41, 5.74) is 5.17. The summed E-state index contributed by atoms with van der Waals surface area (Å²) in [6.45, 7) is 9.57. The van der Waals surface area contributed by atoms with Crippen LogP contribution in [-0.4, -0.2) is 29.4 Å². The smallest absolute Gasteiger partial charge is 0.305 e. The number of fused-ring (bicyclic) bond motifs is 1. The van der Waals surface area contributed by atoms with E-state index in [-0.39, 0.29) is 11.4 Å². The standard InChI is InChI=1S/C25H30N2O3/c1-5-29-24(28)9-7-6-8-22-19(12-14-26-27-22)10-11-20-17-21-23(16-18(20)2)30-15-13-25(21,3)4/h12,14,16-17H,5-9,13,15H2,1-4H3. The number of benzene rings is 1. The molecule has 0 bridgehead atoms. The van der Waals surface area contributed by atoms with E-state index < -0.39 is 0 Å². The Hall–Kier alpha value is -2.87. The van der Waals surface area contributed by atoms with Gasteiger partial charge in [-0.05, 0) is 68.7 Å². The van der Waals surface area contributed by atoms with Crippen LogP contribution in [0.1, 0.15) is 74.4 Å². The summed E-state index contributed by atoms with van der Waals surface area (Å²) in [4.78, 5) is 11.5. The molecule has 0 spiro atoms. The van der Waals surface area contributed by atoms with Crippen LogP contribution in [0.3, 0.4) is 0 Å². The minimum atomic E-state index is -0.147. The van der Waals surface area contributed by atoms with Gasteiger partial charge >= 0.3 is 5.97 Å². The van der Waals surface area contributed by atoms with Crippen molar-refractivity contribution in [3.05, 3.63) is 52.3 Å². The highest BCUT2D eigenvalue weighted by Gasteiger charge is 2.29. The first-order chi connectivity index (χ1) is 14.4. The second kappa shape index (κ2) is 9.75. The Labute approximate surface area is 179 Å². The highest BCUT2D eigenvalue weighted by Crippen LogP contribution is 2.39. The molecule has 1 aliphatic rings. The average Bonchev–Trinajstić information content (AvgIpc) is 2.70. The number of aromatic nitrogens is 2. The lowest BCUT2D eigenvalue weighted by Crippen LogP contribution is -2.26. The summed E-state index contributed by atoms with van der Waals surface area (Å²) in [6, 6.07) is 6.17. The van der Waals surface area contributed by atoms with Crippen LogP contribution in [0.4, 0.5) is 0 Å². The van der Waals surface area contributed by atoms with Gasteiger partial charge in [-0.15, -0.1) is 0 Å². The fourth-order valence-electron chi connectivity index (χ4n) is 3.60. The van der Waals surface area contributed by atoms with E-state index in [0.29, 0.717) is 13.0 Å². The molecular weight excluding hydrogens is 376 g/mol. The molecule has 1 aromatic heterocycles. The zero-order chi connectivity index (χ0) is 21.6. The number of unbranched alkanes of at least 4 members (excludes halogenated alkanes) is 1. The van der Waals surface area contributed by atoms with Gasteiger partial charge in [-0.2, -0.15) is 10.2 Å². The van der Waals surface area contributed by atoms with E-state index in [1.165, 1.54) is 5.56 Å². The summed E-state index contributed by atoms with van der Waals surface area (Å²) >= 11 is 0. The fourth-order valence-corrected chi connectivity index (χ4v) is 3.60. The molecule has 2 aromatic rings. The van der Waals surface area contributed by atoms with Gasteiger partial charge in [0.25, 0.3) is 0 Å². The Morgan fingerprint density at radius 1 is 1.23 bits per heavy atom. The minimum absolute atomic E-state index is 0.0834. The number of aryl methyl sites for hydroxylation is 2. The summed E-state index contributed by atoms with van der Waals surface area (Å²) in [5, 5.41) is 8.28. The molecule has 3 rings (SSSR count). The third-order valence-corrected chi connectivity index (χ3v) is 5.52. The topological polar surface area (TPSA) is 61.3 Å². The van der Waals surface area contributed by atoms with E-state index in [9.17, 15) is 4.79 Å². The molecule has 1 aliphatic heterocycles. The number of carbonyl (C=O) groups excluding carboxylic acids is 1. The lowest BCUT2D eigenvalue weighted by molar-refractivity contribution is -0.143. The maximum absolute atomic E-state index is 11.5. The number of ether oxygens (including phenoxy) is 2. The van der Waals surface area contributed by atoms with Gasteiger partial charge in [-0.25, -0.2) is 0 Å². The first kappa shape index (κ1) is 21.8. The van der Waals surface area contributed by atoms with Gasteiger partial charge in [0.2, 0.25) is 0 Å². The van der Waals surface area contributed by atoms with E-state index in [1.807, 2.05) is 13.0 Å². The molecule has 0 N–H and O–H groups in total. The van der Waals surface area contributed by atoms with Gasteiger partial charge in [0.15, 0.2) is 0 Å². The third-order valence-electron chi connectivity index (χ3n) is 5.52. The van der Waals surface area contributed by atoms with Crippen molar-refractivity contribution in [2.75, 3.05) is 13.2 Å². The van der Waals surface area contributed by atoms with Crippen LogP contribution < -0.4 is 4.74 Å². The Morgan fingerprint density at radius 3 is 2.83 bits per heavy atom. The quantitative estimate of drug-likeness (QED) is 0.401. The second-order valence-corrected chi connectivity index (χ2v) is 8.30. The summed E-state index contributed by atoms with van der Waals surface area (Å²) in [5.74, 6) is 7.45. The van der Waals surface area contributed by atoms with Crippen LogP contribution in [0.2, 0.25) is 0 Å². The molecule has 1 aromatic carbocycles. The predicted molar refractivity (Wildman–Crippen MR) is 117 cm³/mol. The average molecular weight is 407 g/mol. The highest BCUT2D eigenvalue weighted by atomic mass is 16.5. The van der Waals surface area contributed by atoms with Crippen molar-refractivity contribution >= 4 is 5.97 Å². The normalized spacial score (nSPS) is 14.1. The molecule has 2 heterocycles. The number of carbonyl (C=O) groups is 1. The van der Waals surface area contributed by atoms with Gasteiger partial charge in [-0.1, -0.05) is 25.7 Å². The Balaban J connectivity index is 1.75. The fraction of sp³-hybridized carbons (Fsp3) is 0.480. The number of hydrogen-bond acceptors (Lipinski definition) is 5. The Kier molecular flexibility index (Phi) is 7.10. The Morgan fingerprint density at radius 2 is 2.03 bits per heavy atom. The molecule has 0 unspecified atom stereocenters. The first-order valence-corrected chi connectivity index (χ1v) is 10.7. The van der Waals surface area contributed by atoms with Crippen LogP contribution in [-0.2, 0) is 21.4 Å². The Bertz CT molecular complexity index is 970. The van der Waals surface area contributed by atoms with E-state index in [4.69, 9.17) is 9.47 Å². The van der Waals surface area contributed by atoms with E-state index >= 15 is 0 Å². The lowest BCUT2D eigenvalue weighted by atomic mass is 9.78. The summed E-state index contributed by atoms with van der Waals surface area (Å²) in [7, 11) is 0. The van der Waals surface area contributed by atoms with Gasteiger partial charge in [0.05, 0.1) is 25.1 Å².